The number of amides is 2. The number of ether oxygens (including phenoxy) is 1. The number of primary amides is 1. The quantitative estimate of drug-likeness (QED) is 0.540. The fourth-order valence-electron chi connectivity index (χ4n) is 4.92. The van der Waals surface area contributed by atoms with Gasteiger partial charge in [0.1, 0.15) is 11.9 Å². The number of piperidine rings is 1. The lowest BCUT2D eigenvalue weighted by atomic mass is 9.97. The zero-order chi connectivity index (χ0) is 26.6. The lowest BCUT2D eigenvalue weighted by molar-refractivity contribution is -0.121. The van der Waals surface area contributed by atoms with Crippen molar-refractivity contribution in [3.8, 4) is 17.0 Å². The third-order valence-corrected chi connectivity index (χ3v) is 7.26. The molecule has 7 nitrogen and oxygen atoms in total. The maximum atomic E-state index is 14.9. The van der Waals surface area contributed by atoms with Crippen LogP contribution in [0.2, 0.25) is 0 Å². The van der Waals surface area contributed by atoms with Crippen molar-refractivity contribution in [1.29, 1.82) is 0 Å². The summed E-state index contributed by atoms with van der Waals surface area (Å²) in [6.07, 6.45) is 4.14. The van der Waals surface area contributed by atoms with Gasteiger partial charge in [-0.2, -0.15) is 0 Å². The smallest absolute Gasteiger partial charge is 0.260 e. The van der Waals surface area contributed by atoms with E-state index in [0.717, 1.165) is 12.8 Å². The van der Waals surface area contributed by atoms with Crippen molar-refractivity contribution >= 4 is 11.8 Å². The average molecular weight is 519 g/mol. The molecule has 2 aliphatic rings. The highest BCUT2D eigenvalue weighted by Crippen LogP contribution is 2.27. The summed E-state index contributed by atoms with van der Waals surface area (Å²) in [6, 6.07) is 7.08. The van der Waals surface area contributed by atoms with Crippen LogP contribution in [-0.2, 0) is 4.79 Å². The maximum Gasteiger partial charge on any atom is 0.260 e. The summed E-state index contributed by atoms with van der Waals surface area (Å²) in [5.74, 6) is -3.74. The van der Waals surface area contributed by atoms with Crippen LogP contribution in [0.5, 0.6) is 5.88 Å². The topological polar surface area (TPSA) is 88.8 Å². The summed E-state index contributed by atoms with van der Waals surface area (Å²) in [5.41, 5.74) is 6.49. The molecule has 1 atom stereocenters. The van der Waals surface area contributed by atoms with E-state index in [0.29, 0.717) is 56.1 Å². The second-order valence-electron chi connectivity index (χ2n) is 9.88. The molecule has 4 rings (SSSR count). The number of alkyl halides is 2. The predicted molar refractivity (Wildman–Crippen MR) is 133 cm³/mol. The van der Waals surface area contributed by atoms with Crippen molar-refractivity contribution < 1.29 is 27.5 Å². The number of benzene rings is 1. The van der Waals surface area contributed by atoms with Crippen LogP contribution in [0, 0.1) is 11.7 Å². The monoisotopic (exact) mass is 518 g/mol. The minimum Gasteiger partial charge on any atom is -0.477 e. The molecule has 1 aromatic heterocycles. The number of hydrogen-bond acceptors (Lipinski definition) is 5. The predicted octanol–water partition coefficient (Wildman–Crippen LogP) is 4.11. The zero-order valence-corrected chi connectivity index (χ0v) is 21.0. The zero-order valence-electron chi connectivity index (χ0n) is 21.0. The number of likely N-dealkylation sites (tertiary alicyclic amines) is 2. The van der Waals surface area contributed by atoms with Crippen LogP contribution in [0.25, 0.3) is 11.1 Å². The molecule has 2 N–H and O–H groups in total. The van der Waals surface area contributed by atoms with E-state index >= 15 is 0 Å². The molecular formula is C27H33F3N4O3. The maximum absolute atomic E-state index is 14.9. The number of halogens is 3. The summed E-state index contributed by atoms with van der Waals surface area (Å²) in [7, 11) is 0. The fourth-order valence-corrected chi connectivity index (χ4v) is 4.92. The molecule has 0 spiro atoms. The number of nitrogens with two attached hydrogens (primary N) is 1. The van der Waals surface area contributed by atoms with E-state index in [1.54, 1.807) is 24.4 Å². The Bertz CT molecular complexity index is 1100. The third kappa shape index (κ3) is 6.60. The van der Waals surface area contributed by atoms with Crippen LogP contribution in [0.1, 0.15) is 49.4 Å². The number of nitrogens with zero attached hydrogens (tertiary/aromatic N) is 3. The average Bonchev–Trinajstić information content (AvgIpc) is 3.39. The normalized spacial score (nSPS) is 19.2. The van der Waals surface area contributed by atoms with Gasteiger partial charge in [-0.3, -0.25) is 14.5 Å². The van der Waals surface area contributed by atoms with Gasteiger partial charge in [-0.05, 0) is 68.5 Å². The minimum absolute atomic E-state index is 0.103. The highest BCUT2D eigenvalue weighted by molar-refractivity contribution is 5.98. The van der Waals surface area contributed by atoms with Crippen LogP contribution in [0.15, 0.2) is 36.5 Å². The van der Waals surface area contributed by atoms with Crippen molar-refractivity contribution in [2.24, 2.45) is 11.7 Å². The number of carbonyl (C=O) groups excluding carboxylic acids is 2. The molecule has 2 aliphatic heterocycles. The summed E-state index contributed by atoms with van der Waals surface area (Å²) in [5, 5.41) is 0. The van der Waals surface area contributed by atoms with Gasteiger partial charge in [-0.25, -0.2) is 18.2 Å². The molecule has 0 bridgehead atoms. The first-order valence-electron chi connectivity index (χ1n) is 12.8. The largest absolute Gasteiger partial charge is 0.477 e. The first kappa shape index (κ1) is 26.9. The molecule has 0 unspecified atom stereocenters. The molecule has 0 saturated carbocycles. The van der Waals surface area contributed by atoms with Crippen molar-refractivity contribution in [2.75, 3.05) is 32.8 Å². The lowest BCUT2D eigenvalue weighted by Gasteiger charge is -2.33. The molecule has 3 heterocycles. The van der Waals surface area contributed by atoms with Crippen LogP contribution in [0.3, 0.4) is 0 Å². The van der Waals surface area contributed by atoms with Crippen LogP contribution in [0.4, 0.5) is 13.2 Å². The number of pyridine rings is 1. The standard InChI is InChI=1S/C27H33F3N4O3/c1-2-27(29,30)17-33-12-9-18(10-13-33)16-37-24-8-6-20(15-32-24)19-5-7-21(22(28)14-19)26(36)34-11-3-4-23(34)25(31)35/h5-8,14-15,18,23H,2-4,9-13,16-17H2,1H3,(H2,31,35)/t23-/m0/s1. The molecule has 2 fully saturated rings. The highest BCUT2D eigenvalue weighted by Gasteiger charge is 2.34. The molecule has 200 valence electrons. The molecule has 0 aliphatic carbocycles. The van der Waals surface area contributed by atoms with Gasteiger partial charge in [-0.1, -0.05) is 13.0 Å². The summed E-state index contributed by atoms with van der Waals surface area (Å²) in [6.45, 7) is 3.39. The number of rotatable bonds is 9. The summed E-state index contributed by atoms with van der Waals surface area (Å²) >= 11 is 0. The summed E-state index contributed by atoms with van der Waals surface area (Å²) < 4.78 is 47.9. The van der Waals surface area contributed by atoms with E-state index in [2.05, 4.69) is 4.98 Å². The van der Waals surface area contributed by atoms with Crippen molar-refractivity contribution in [1.82, 2.24) is 14.8 Å². The number of aromatic nitrogens is 1. The number of carbonyl (C=O) groups is 2. The first-order chi connectivity index (χ1) is 17.7. The molecule has 2 saturated heterocycles. The molecule has 0 radical (unpaired) electrons. The molecule has 37 heavy (non-hydrogen) atoms. The van der Waals surface area contributed by atoms with Crippen molar-refractivity contribution in [2.45, 2.75) is 51.0 Å². The molecule has 2 aromatic rings. The van der Waals surface area contributed by atoms with Gasteiger partial charge in [0.25, 0.3) is 11.8 Å². The van der Waals surface area contributed by atoms with Crippen LogP contribution in [-0.4, -0.2) is 71.3 Å². The molecule has 10 heteroatoms. The SMILES string of the molecule is CCC(F)(F)CN1CCC(COc2ccc(-c3ccc(C(=O)N4CCC[C@H]4C(N)=O)c(F)c3)cn2)CC1. The molecular weight excluding hydrogens is 485 g/mol. The Hall–Kier alpha value is -3.14. The van der Waals surface area contributed by atoms with Gasteiger partial charge in [-0.15, -0.1) is 0 Å². The van der Waals surface area contributed by atoms with E-state index in [1.165, 1.54) is 24.0 Å². The Morgan fingerprint density at radius 3 is 2.46 bits per heavy atom. The Balaban J connectivity index is 1.31. The van der Waals surface area contributed by atoms with Gasteiger partial charge < -0.3 is 15.4 Å². The van der Waals surface area contributed by atoms with E-state index in [1.807, 2.05) is 4.90 Å². The van der Waals surface area contributed by atoms with E-state index < -0.39 is 29.6 Å². The third-order valence-electron chi connectivity index (χ3n) is 7.26. The summed E-state index contributed by atoms with van der Waals surface area (Å²) in [4.78, 5) is 31.8. The van der Waals surface area contributed by atoms with Crippen molar-refractivity contribution in [3.63, 3.8) is 0 Å². The second-order valence-corrected chi connectivity index (χ2v) is 9.88. The first-order valence-corrected chi connectivity index (χ1v) is 12.8. The Labute approximate surface area is 214 Å². The highest BCUT2D eigenvalue weighted by atomic mass is 19.3. The van der Waals surface area contributed by atoms with Crippen molar-refractivity contribution in [3.05, 3.63) is 47.9 Å². The number of hydrogen-bond donors (Lipinski definition) is 1. The van der Waals surface area contributed by atoms with Gasteiger partial charge in [0, 0.05) is 30.8 Å². The second kappa shape index (κ2) is 11.5. The van der Waals surface area contributed by atoms with Gasteiger partial charge >= 0.3 is 0 Å². The lowest BCUT2D eigenvalue weighted by Crippen LogP contribution is -2.43. The Morgan fingerprint density at radius 1 is 1.11 bits per heavy atom. The van der Waals surface area contributed by atoms with E-state index in [9.17, 15) is 22.8 Å². The van der Waals surface area contributed by atoms with E-state index in [-0.39, 0.29) is 24.4 Å². The van der Waals surface area contributed by atoms with Crippen LogP contribution < -0.4 is 10.5 Å². The van der Waals surface area contributed by atoms with Gasteiger partial charge in [0.15, 0.2) is 0 Å². The fraction of sp³-hybridized carbons (Fsp3) is 0.519. The van der Waals surface area contributed by atoms with Gasteiger partial charge in [0.2, 0.25) is 11.8 Å². The minimum atomic E-state index is -2.64. The van der Waals surface area contributed by atoms with Gasteiger partial charge in [0.05, 0.1) is 18.7 Å². The molecule has 1 aromatic carbocycles. The Morgan fingerprint density at radius 2 is 1.84 bits per heavy atom. The molecule has 2 amide bonds. The van der Waals surface area contributed by atoms with Crippen LogP contribution >= 0.6 is 0 Å². The van der Waals surface area contributed by atoms with E-state index in [4.69, 9.17) is 10.5 Å². The Kier molecular flexibility index (Phi) is 8.36.